The Bertz CT molecular complexity index is 1320. The van der Waals surface area contributed by atoms with Gasteiger partial charge in [-0.2, -0.15) is 8.78 Å². The molecule has 8 nitrogen and oxygen atoms in total. The Kier molecular flexibility index (Phi) is 4.79. The molecule has 0 amide bonds. The van der Waals surface area contributed by atoms with Crippen LogP contribution in [0.25, 0.3) is 33.6 Å². The van der Waals surface area contributed by atoms with E-state index in [0.717, 1.165) is 27.7 Å². The van der Waals surface area contributed by atoms with Gasteiger partial charge in [-0.05, 0) is 23.3 Å². The fourth-order valence-corrected chi connectivity index (χ4v) is 3.20. The van der Waals surface area contributed by atoms with Crippen molar-refractivity contribution in [1.82, 2.24) is 30.1 Å². The van der Waals surface area contributed by atoms with Gasteiger partial charge < -0.3 is 14.7 Å². The van der Waals surface area contributed by atoms with Gasteiger partial charge in [0.05, 0.1) is 22.9 Å². The highest BCUT2D eigenvalue weighted by molar-refractivity contribution is 5.92. The van der Waals surface area contributed by atoms with Crippen LogP contribution in [0.1, 0.15) is 17.9 Å². The summed E-state index contributed by atoms with van der Waals surface area (Å²) < 4.78 is 30.1. The largest absolute Gasteiger partial charge is 0.415 e. The third kappa shape index (κ3) is 3.82. The molecule has 0 atom stereocenters. The molecule has 10 heteroatoms. The molecule has 2 N–H and O–H groups in total. The Labute approximate surface area is 174 Å². The van der Waals surface area contributed by atoms with E-state index in [-0.39, 0.29) is 5.89 Å². The van der Waals surface area contributed by atoms with Crippen LogP contribution < -0.4 is 5.32 Å². The molecule has 0 unspecified atom stereocenters. The molecule has 0 saturated heterocycles. The van der Waals surface area contributed by atoms with E-state index >= 15 is 0 Å². The number of aromatic amines is 1. The molecule has 0 aliphatic heterocycles. The summed E-state index contributed by atoms with van der Waals surface area (Å²) in [7, 11) is 0. The number of halogens is 2. The second-order valence-corrected chi connectivity index (χ2v) is 6.70. The normalized spacial score (nSPS) is 11.3. The molecular weight excluding hydrogens is 404 g/mol. The number of nitrogens with one attached hydrogen (secondary N) is 2. The van der Waals surface area contributed by atoms with E-state index in [4.69, 9.17) is 4.42 Å². The van der Waals surface area contributed by atoms with E-state index in [1.165, 1.54) is 12.4 Å². The smallest absolute Gasteiger partial charge is 0.314 e. The second-order valence-electron chi connectivity index (χ2n) is 6.70. The van der Waals surface area contributed by atoms with E-state index in [9.17, 15) is 8.78 Å². The van der Waals surface area contributed by atoms with Gasteiger partial charge in [-0.25, -0.2) is 15.0 Å². The molecule has 0 radical (unpaired) electrons. The van der Waals surface area contributed by atoms with Crippen molar-refractivity contribution < 1.29 is 13.2 Å². The molecule has 31 heavy (non-hydrogen) atoms. The van der Waals surface area contributed by atoms with Gasteiger partial charge in [0, 0.05) is 24.5 Å². The molecule has 154 valence electrons. The van der Waals surface area contributed by atoms with E-state index in [1.807, 2.05) is 36.4 Å². The van der Waals surface area contributed by atoms with Crippen molar-refractivity contribution >= 4 is 17.0 Å². The summed E-state index contributed by atoms with van der Waals surface area (Å²) in [4.78, 5) is 16.0. The highest BCUT2D eigenvalue weighted by Gasteiger charge is 2.17. The first-order valence-electron chi connectivity index (χ1n) is 9.36. The number of fused-ring (bicyclic) bond motifs is 1. The molecule has 0 spiro atoms. The summed E-state index contributed by atoms with van der Waals surface area (Å²) in [6.07, 6.45) is 1.72. The number of aromatic nitrogens is 6. The monoisotopic (exact) mass is 419 g/mol. The maximum atomic E-state index is 12.6. The first kappa shape index (κ1) is 18.8. The van der Waals surface area contributed by atoms with E-state index in [2.05, 4.69) is 41.5 Å². The number of benzene rings is 2. The molecule has 5 aromatic rings. The van der Waals surface area contributed by atoms with Gasteiger partial charge in [-0.1, -0.05) is 30.3 Å². The van der Waals surface area contributed by atoms with Crippen LogP contribution in [-0.2, 0) is 6.54 Å². The van der Waals surface area contributed by atoms with E-state index < -0.39 is 12.3 Å². The Morgan fingerprint density at radius 1 is 0.968 bits per heavy atom. The van der Waals surface area contributed by atoms with Gasteiger partial charge in [-0.3, -0.25) is 0 Å². The fraction of sp³-hybridized carbons (Fsp3) is 0.0952. The number of hydrogen-bond acceptors (Lipinski definition) is 7. The zero-order valence-corrected chi connectivity index (χ0v) is 16.0. The maximum Gasteiger partial charge on any atom is 0.314 e. The fourth-order valence-electron chi connectivity index (χ4n) is 3.20. The maximum absolute atomic E-state index is 12.6. The first-order chi connectivity index (χ1) is 15.2. The van der Waals surface area contributed by atoms with Crippen LogP contribution in [0, 0.1) is 0 Å². The van der Waals surface area contributed by atoms with Crippen LogP contribution in [0.2, 0.25) is 0 Å². The van der Waals surface area contributed by atoms with Crippen molar-refractivity contribution in [2.75, 3.05) is 5.32 Å². The average Bonchev–Trinajstić information content (AvgIpc) is 3.48. The van der Waals surface area contributed by atoms with Crippen molar-refractivity contribution in [3.8, 4) is 22.6 Å². The third-order valence-corrected chi connectivity index (χ3v) is 4.64. The number of anilines is 1. The minimum Gasteiger partial charge on any atom is -0.415 e. The minimum atomic E-state index is -2.82. The van der Waals surface area contributed by atoms with Crippen molar-refractivity contribution in [3.63, 3.8) is 0 Å². The lowest BCUT2D eigenvalue weighted by Gasteiger charge is -2.09. The molecule has 2 aromatic carbocycles. The number of nitrogens with zero attached hydrogens (tertiary/aromatic N) is 5. The van der Waals surface area contributed by atoms with Gasteiger partial charge in [0.25, 0.3) is 11.8 Å². The lowest BCUT2D eigenvalue weighted by atomic mass is 10.0. The molecule has 3 aromatic heterocycles. The molecule has 0 bridgehead atoms. The van der Waals surface area contributed by atoms with Gasteiger partial charge in [-0.15, -0.1) is 10.2 Å². The van der Waals surface area contributed by atoms with Crippen LogP contribution in [-0.4, -0.2) is 30.1 Å². The minimum absolute atomic E-state index is 0.0564. The summed E-state index contributed by atoms with van der Waals surface area (Å²) in [5.41, 5.74) is 5.30. The molecule has 0 saturated carbocycles. The van der Waals surface area contributed by atoms with Gasteiger partial charge in [0.2, 0.25) is 5.95 Å². The zero-order chi connectivity index (χ0) is 21.2. The van der Waals surface area contributed by atoms with Crippen LogP contribution in [0.4, 0.5) is 14.7 Å². The third-order valence-electron chi connectivity index (χ3n) is 4.64. The molecule has 0 aliphatic carbocycles. The predicted molar refractivity (Wildman–Crippen MR) is 109 cm³/mol. The number of H-pyrrole nitrogens is 1. The van der Waals surface area contributed by atoms with Gasteiger partial charge in [0.1, 0.15) is 0 Å². The second kappa shape index (κ2) is 7.90. The van der Waals surface area contributed by atoms with Crippen molar-refractivity contribution in [3.05, 3.63) is 72.6 Å². The predicted octanol–water partition coefficient (Wildman–Crippen LogP) is 4.62. The number of hydrogen-bond donors (Lipinski definition) is 2. The van der Waals surface area contributed by atoms with Crippen molar-refractivity contribution in [2.45, 2.75) is 13.0 Å². The molecule has 0 fully saturated rings. The Morgan fingerprint density at radius 2 is 1.77 bits per heavy atom. The van der Waals surface area contributed by atoms with Gasteiger partial charge >= 0.3 is 6.43 Å². The number of alkyl halides is 2. The Morgan fingerprint density at radius 3 is 2.52 bits per heavy atom. The Balaban J connectivity index is 1.35. The van der Waals surface area contributed by atoms with Crippen molar-refractivity contribution in [2.24, 2.45) is 0 Å². The standard InChI is InChI=1S/C21H15F2N7O/c22-18(23)20-30-29-19(31-20)14-9-25-21(26-10-14)24-8-12-6-15(13-4-2-1-3-5-13)17-16(7-12)27-11-28-17/h1-7,9-11,18H,8H2,(H,27,28)(H,24,25,26). The van der Waals surface area contributed by atoms with E-state index in [1.54, 1.807) is 6.33 Å². The molecular formula is C21H15F2N7O. The summed E-state index contributed by atoms with van der Waals surface area (Å²) in [5.74, 6) is -0.414. The summed E-state index contributed by atoms with van der Waals surface area (Å²) >= 11 is 0. The first-order valence-corrected chi connectivity index (χ1v) is 9.36. The molecule has 3 heterocycles. The summed E-state index contributed by atoms with van der Waals surface area (Å²) in [6.45, 7) is 0.476. The summed E-state index contributed by atoms with van der Waals surface area (Å²) in [6, 6.07) is 14.1. The Hall–Kier alpha value is -4.21. The van der Waals surface area contributed by atoms with Crippen LogP contribution >= 0.6 is 0 Å². The lowest BCUT2D eigenvalue weighted by molar-refractivity contribution is 0.116. The van der Waals surface area contributed by atoms with Crippen LogP contribution in [0.3, 0.4) is 0 Å². The quantitative estimate of drug-likeness (QED) is 0.414. The van der Waals surface area contributed by atoms with Gasteiger partial charge in [0.15, 0.2) is 0 Å². The topological polar surface area (TPSA) is 105 Å². The van der Waals surface area contributed by atoms with Crippen LogP contribution in [0.5, 0.6) is 0 Å². The van der Waals surface area contributed by atoms with Crippen LogP contribution in [0.15, 0.2) is 65.6 Å². The molecule has 0 aliphatic rings. The lowest BCUT2D eigenvalue weighted by Crippen LogP contribution is -2.04. The highest BCUT2D eigenvalue weighted by Crippen LogP contribution is 2.28. The molecule has 5 rings (SSSR count). The highest BCUT2D eigenvalue weighted by atomic mass is 19.3. The SMILES string of the molecule is FC(F)c1nnc(-c2cnc(NCc3cc(-c4ccccc4)c4nc[nH]c4c3)nc2)o1. The van der Waals surface area contributed by atoms with E-state index in [0.29, 0.717) is 18.1 Å². The zero-order valence-electron chi connectivity index (χ0n) is 16.0. The van der Waals surface area contributed by atoms with Crippen molar-refractivity contribution in [1.29, 1.82) is 0 Å². The number of imidazole rings is 1. The number of rotatable bonds is 6. The average molecular weight is 419 g/mol. The summed E-state index contributed by atoms with van der Waals surface area (Å²) in [5, 5.41) is 10.0.